The van der Waals surface area contributed by atoms with Gasteiger partial charge in [-0.2, -0.15) is 0 Å². The van der Waals surface area contributed by atoms with Gasteiger partial charge < -0.3 is 10.4 Å². The van der Waals surface area contributed by atoms with Crippen LogP contribution < -0.4 is 5.32 Å². The second-order valence-corrected chi connectivity index (χ2v) is 4.39. The normalized spacial score (nSPS) is 9.89. The van der Waals surface area contributed by atoms with E-state index in [4.69, 9.17) is 5.11 Å². The molecule has 0 unspecified atom stereocenters. The average molecular weight is 259 g/mol. The van der Waals surface area contributed by atoms with Crippen LogP contribution in [0.2, 0.25) is 0 Å². The van der Waals surface area contributed by atoms with E-state index in [-0.39, 0.29) is 18.4 Å². The summed E-state index contributed by atoms with van der Waals surface area (Å²) >= 11 is 0. The maximum Gasteiger partial charge on any atom is 0.223 e. The quantitative estimate of drug-likeness (QED) is 0.795. The highest BCUT2D eigenvalue weighted by Crippen LogP contribution is 2.08. The zero-order valence-corrected chi connectivity index (χ0v) is 11.6. The van der Waals surface area contributed by atoms with Crippen LogP contribution in [0.25, 0.3) is 0 Å². The molecule has 0 aliphatic rings. The summed E-state index contributed by atoms with van der Waals surface area (Å²) in [5.41, 5.74) is 1.91. The monoisotopic (exact) mass is 259 g/mol. The van der Waals surface area contributed by atoms with Gasteiger partial charge in [0.2, 0.25) is 5.91 Å². The molecule has 0 saturated heterocycles. The first-order valence-electron chi connectivity index (χ1n) is 6.67. The lowest BCUT2D eigenvalue weighted by Gasteiger charge is -2.12. The number of carbonyl (C=O) groups is 1. The first-order chi connectivity index (χ1) is 9.21. The Hall–Kier alpha value is -1.79. The highest BCUT2D eigenvalue weighted by Gasteiger charge is 2.12. The molecule has 1 aromatic rings. The Morgan fingerprint density at radius 2 is 1.89 bits per heavy atom. The highest BCUT2D eigenvalue weighted by molar-refractivity contribution is 5.78. The van der Waals surface area contributed by atoms with Crippen molar-refractivity contribution in [1.29, 1.82) is 0 Å². The van der Waals surface area contributed by atoms with Gasteiger partial charge in [0.15, 0.2) is 0 Å². The smallest absolute Gasteiger partial charge is 0.223 e. The van der Waals surface area contributed by atoms with Crippen LogP contribution in [0.15, 0.2) is 24.3 Å². The molecular weight excluding hydrogens is 238 g/mol. The van der Waals surface area contributed by atoms with Crippen LogP contribution in [0.4, 0.5) is 0 Å². The van der Waals surface area contributed by atoms with Crippen LogP contribution in [-0.4, -0.2) is 17.6 Å². The summed E-state index contributed by atoms with van der Waals surface area (Å²) < 4.78 is 0. The average Bonchev–Trinajstić information content (AvgIpc) is 2.45. The first-order valence-corrected chi connectivity index (χ1v) is 6.67. The Morgan fingerprint density at radius 1 is 1.26 bits per heavy atom. The molecule has 1 rings (SSSR count). The van der Waals surface area contributed by atoms with Crippen molar-refractivity contribution in [3.63, 3.8) is 0 Å². The number of aliphatic hydroxyl groups is 1. The van der Waals surface area contributed by atoms with Crippen LogP contribution >= 0.6 is 0 Å². The van der Waals surface area contributed by atoms with Gasteiger partial charge in [-0.3, -0.25) is 4.79 Å². The lowest BCUT2D eigenvalue weighted by molar-refractivity contribution is -0.125. The van der Waals surface area contributed by atoms with Gasteiger partial charge in [-0.05, 0) is 30.5 Å². The van der Waals surface area contributed by atoms with Crippen molar-refractivity contribution in [1.82, 2.24) is 5.32 Å². The third kappa shape index (κ3) is 5.15. The fraction of sp³-hybridized carbons (Fsp3) is 0.438. The molecule has 2 N–H and O–H groups in total. The number of carbonyl (C=O) groups excluding carboxylic acids is 1. The lowest BCUT2D eigenvalue weighted by atomic mass is 10.0. The van der Waals surface area contributed by atoms with Crippen LogP contribution in [0.1, 0.15) is 37.8 Å². The number of hydrogen-bond donors (Lipinski definition) is 2. The molecule has 3 heteroatoms. The summed E-state index contributed by atoms with van der Waals surface area (Å²) in [6.07, 6.45) is 1.75. The van der Waals surface area contributed by atoms with Gasteiger partial charge in [-0.1, -0.05) is 37.8 Å². The Labute approximate surface area is 115 Å². The molecule has 0 aliphatic heterocycles. The molecule has 0 saturated carbocycles. The molecule has 0 fully saturated rings. The second-order valence-electron chi connectivity index (χ2n) is 4.39. The molecule has 0 spiro atoms. The lowest BCUT2D eigenvalue weighted by Crippen LogP contribution is -2.29. The largest absolute Gasteiger partial charge is 0.384 e. The standard InChI is InChI=1S/C16H21NO2/c1-3-15(4-2)16(19)17-12-14-9-7-13(8-10-14)6-5-11-18/h7-10,15,18H,3-4,11-12H2,1-2H3,(H,17,19). The summed E-state index contributed by atoms with van der Waals surface area (Å²) in [6.45, 7) is 4.47. The van der Waals surface area contributed by atoms with Crippen molar-refractivity contribution in [2.75, 3.05) is 6.61 Å². The summed E-state index contributed by atoms with van der Waals surface area (Å²) in [5.74, 6) is 5.66. The number of benzene rings is 1. The van der Waals surface area contributed by atoms with Gasteiger partial charge >= 0.3 is 0 Å². The SMILES string of the molecule is CCC(CC)C(=O)NCc1ccc(C#CCO)cc1. The van der Waals surface area contributed by atoms with Crippen LogP contribution in [0.5, 0.6) is 0 Å². The maximum absolute atomic E-state index is 11.8. The topological polar surface area (TPSA) is 49.3 Å². The Balaban J connectivity index is 2.52. The molecule has 3 nitrogen and oxygen atoms in total. The van der Waals surface area contributed by atoms with E-state index >= 15 is 0 Å². The maximum atomic E-state index is 11.8. The Morgan fingerprint density at radius 3 is 2.42 bits per heavy atom. The number of hydrogen-bond acceptors (Lipinski definition) is 2. The summed E-state index contributed by atoms with van der Waals surface area (Å²) in [6, 6.07) is 7.66. The molecular formula is C16H21NO2. The molecule has 1 amide bonds. The third-order valence-corrected chi connectivity index (χ3v) is 3.09. The molecule has 0 aromatic heterocycles. The highest BCUT2D eigenvalue weighted by atomic mass is 16.2. The second kappa shape index (κ2) is 8.34. The minimum absolute atomic E-state index is 0.106. The predicted molar refractivity (Wildman–Crippen MR) is 76.3 cm³/mol. The number of amides is 1. The minimum atomic E-state index is -0.132. The first kappa shape index (κ1) is 15.3. The van der Waals surface area contributed by atoms with E-state index < -0.39 is 0 Å². The van der Waals surface area contributed by atoms with Gasteiger partial charge in [0.25, 0.3) is 0 Å². The van der Waals surface area contributed by atoms with E-state index in [2.05, 4.69) is 17.2 Å². The van der Waals surface area contributed by atoms with Gasteiger partial charge in [0.1, 0.15) is 6.61 Å². The molecule has 1 aromatic carbocycles. The van der Waals surface area contributed by atoms with Crippen LogP contribution in [0, 0.1) is 17.8 Å². The van der Waals surface area contributed by atoms with Crippen LogP contribution in [0.3, 0.4) is 0 Å². The van der Waals surface area contributed by atoms with Crippen molar-refractivity contribution in [2.45, 2.75) is 33.2 Å². The Kier molecular flexibility index (Phi) is 6.70. The number of nitrogens with one attached hydrogen (secondary N) is 1. The van der Waals surface area contributed by atoms with Gasteiger partial charge in [0.05, 0.1) is 0 Å². The molecule has 0 aliphatic carbocycles. The molecule has 0 heterocycles. The van der Waals surface area contributed by atoms with E-state index in [9.17, 15) is 4.79 Å². The van der Waals surface area contributed by atoms with Gasteiger partial charge in [0, 0.05) is 18.0 Å². The van der Waals surface area contributed by atoms with E-state index in [1.165, 1.54) is 0 Å². The van der Waals surface area contributed by atoms with Crippen molar-refractivity contribution in [3.05, 3.63) is 35.4 Å². The molecule has 19 heavy (non-hydrogen) atoms. The summed E-state index contributed by atoms with van der Waals surface area (Å²) in [7, 11) is 0. The minimum Gasteiger partial charge on any atom is -0.384 e. The predicted octanol–water partition coefficient (Wildman–Crippen LogP) is 2.08. The van der Waals surface area contributed by atoms with E-state index in [1.807, 2.05) is 38.1 Å². The molecule has 0 radical (unpaired) electrons. The van der Waals surface area contributed by atoms with E-state index in [0.717, 1.165) is 24.0 Å². The fourth-order valence-electron chi connectivity index (χ4n) is 1.84. The fourth-order valence-corrected chi connectivity index (χ4v) is 1.84. The Bertz CT molecular complexity index is 450. The van der Waals surface area contributed by atoms with E-state index in [0.29, 0.717) is 6.54 Å². The molecule has 0 bridgehead atoms. The van der Waals surface area contributed by atoms with E-state index in [1.54, 1.807) is 0 Å². The van der Waals surface area contributed by atoms with Crippen molar-refractivity contribution in [3.8, 4) is 11.8 Å². The van der Waals surface area contributed by atoms with Crippen LogP contribution in [-0.2, 0) is 11.3 Å². The number of aliphatic hydroxyl groups excluding tert-OH is 1. The molecule has 0 atom stereocenters. The number of rotatable bonds is 5. The zero-order valence-electron chi connectivity index (χ0n) is 11.6. The zero-order chi connectivity index (χ0) is 14.1. The van der Waals surface area contributed by atoms with Gasteiger partial charge in [-0.25, -0.2) is 0 Å². The van der Waals surface area contributed by atoms with Gasteiger partial charge in [-0.15, -0.1) is 0 Å². The van der Waals surface area contributed by atoms with Crippen molar-refractivity contribution >= 4 is 5.91 Å². The summed E-state index contributed by atoms with van der Waals surface area (Å²) in [4.78, 5) is 11.8. The third-order valence-electron chi connectivity index (χ3n) is 3.09. The summed E-state index contributed by atoms with van der Waals surface area (Å²) in [5, 5.41) is 11.6. The van der Waals surface area contributed by atoms with Crippen molar-refractivity contribution in [2.24, 2.45) is 5.92 Å². The van der Waals surface area contributed by atoms with Crippen molar-refractivity contribution < 1.29 is 9.90 Å². The molecule has 102 valence electrons.